The Hall–Kier alpha value is -2.04. The van der Waals surface area contributed by atoms with Crippen molar-refractivity contribution in [3.05, 3.63) is 35.4 Å². The molecule has 3 N–H and O–H groups in total. The Morgan fingerprint density at radius 2 is 2.00 bits per heavy atom. The van der Waals surface area contributed by atoms with E-state index in [0.29, 0.717) is 12.1 Å². The lowest BCUT2D eigenvalue weighted by molar-refractivity contribution is 0.0919. The highest BCUT2D eigenvalue weighted by Gasteiger charge is 2.21. The molecule has 0 spiro atoms. The summed E-state index contributed by atoms with van der Waals surface area (Å²) >= 11 is 0. The summed E-state index contributed by atoms with van der Waals surface area (Å²) in [5.41, 5.74) is 1.50. The van der Waals surface area contributed by atoms with Crippen LogP contribution in [0.4, 0.5) is 0 Å². The third-order valence-corrected chi connectivity index (χ3v) is 3.62. The van der Waals surface area contributed by atoms with E-state index in [0.717, 1.165) is 24.0 Å². The monoisotopic (exact) mass is 316 g/mol. The van der Waals surface area contributed by atoms with Gasteiger partial charge in [-0.05, 0) is 57.2 Å². The maximum atomic E-state index is 12.2. The first-order valence-corrected chi connectivity index (χ1v) is 8.23. The zero-order chi connectivity index (χ0) is 16.9. The maximum Gasteiger partial charge on any atom is 0.251 e. The van der Waals surface area contributed by atoms with E-state index in [1.165, 1.54) is 12.8 Å². The van der Waals surface area contributed by atoms with E-state index in [1.54, 1.807) is 7.05 Å². The number of nitrogens with zero attached hydrogens (tertiary/aromatic N) is 1. The van der Waals surface area contributed by atoms with Crippen molar-refractivity contribution in [2.75, 3.05) is 13.6 Å². The summed E-state index contributed by atoms with van der Waals surface area (Å²) in [6.45, 7) is 7.55. The second kappa shape index (κ2) is 7.49. The van der Waals surface area contributed by atoms with Gasteiger partial charge in [0.15, 0.2) is 5.96 Å². The molecular formula is C18H28N4O. The van der Waals surface area contributed by atoms with E-state index < -0.39 is 0 Å². The summed E-state index contributed by atoms with van der Waals surface area (Å²) in [4.78, 5) is 16.4. The molecule has 1 amide bonds. The van der Waals surface area contributed by atoms with Crippen molar-refractivity contribution in [1.29, 1.82) is 0 Å². The summed E-state index contributed by atoms with van der Waals surface area (Å²) in [7, 11) is 1.77. The van der Waals surface area contributed by atoms with Gasteiger partial charge in [0.05, 0.1) is 0 Å². The fraction of sp³-hybridized carbons (Fsp3) is 0.556. The topological polar surface area (TPSA) is 65.5 Å². The fourth-order valence-corrected chi connectivity index (χ4v) is 2.20. The van der Waals surface area contributed by atoms with Crippen LogP contribution < -0.4 is 16.0 Å². The summed E-state index contributed by atoms with van der Waals surface area (Å²) in [6, 6.07) is 7.68. The summed E-state index contributed by atoms with van der Waals surface area (Å²) in [5.74, 6) is 1.56. The smallest absolute Gasteiger partial charge is 0.251 e. The van der Waals surface area contributed by atoms with E-state index in [4.69, 9.17) is 0 Å². The van der Waals surface area contributed by atoms with E-state index in [-0.39, 0.29) is 11.4 Å². The number of aliphatic imine (C=N–C) groups is 1. The number of benzene rings is 1. The van der Waals surface area contributed by atoms with Crippen LogP contribution in [0.3, 0.4) is 0 Å². The average Bonchev–Trinajstić information content (AvgIpc) is 3.30. The molecule has 0 heterocycles. The first-order chi connectivity index (χ1) is 10.9. The largest absolute Gasteiger partial charge is 0.356 e. The minimum Gasteiger partial charge on any atom is -0.356 e. The molecule has 1 aliphatic rings. The zero-order valence-electron chi connectivity index (χ0n) is 14.6. The number of carbonyl (C=O) groups is 1. The van der Waals surface area contributed by atoms with Gasteiger partial charge in [-0.1, -0.05) is 12.1 Å². The van der Waals surface area contributed by atoms with Gasteiger partial charge in [-0.2, -0.15) is 0 Å². The molecule has 0 saturated heterocycles. The molecule has 0 aromatic heterocycles. The predicted molar refractivity (Wildman–Crippen MR) is 94.6 cm³/mol. The average molecular weight is 316 g/mol. The highest BCUT2D eigenvalue weighted by Crippen LogP contribution is 2.27. The molecule has 0 radical (unpaired) electrons. The lowest BCUT2D eigenvalue weighted by atomic mass is 10.1. The molecule has 0 aliphatic heterocycles. The van der Waals surface area contributed by atoms with Crippen molar-refractivity contribution in [2.24, 2.45) is 10.9 Å². The standard InChI is InChI=1S/C18H28N4O/c1-18(2,3)22-16(23)15-7-5-6-14(10-15)12-21-17(19-4)20-11-13-8-9-13/h5-7,10,13H,8-9,11-12H2,1-4H3,(H,22,23)(H2,19,20,21). The zero-order valence-corrected chi connectivity index (χ0v) is 14.6. The Bertz CT molecular complexity index is 571. The van der Waals surface area contributed by atoms with Crippen molar-refractivity contribution < 1.29 is 4.79 Å². The molecule has 0 unspecified atom stereocenters. The van der Waals surface area contributed by atoms with Gasteiger partial charge in [-0.25, -0.2) is 0 Å². The molecule has 23 heavy (non-hydrogen) atoms. The number of hydrogen-bond acceptors (Lipinski definition) is 2. The second-order valence-electron chi connectivity index (χ2n) is 7.15. The van der Waals surface area contributed by atoms with Crippen LogP contribution in [-0.2, 0) is 6.54 Å². The molecule has 1 saturated carbocycles. The van der Waals surface area contributed by atoms with Crippen LogP contribution >= 0.6 is 0 Å². The SMILES string of the molecule is CN=C(NCc1cccc(C(=O)NC(C)(C)C)c1)NCC1CC1. The van der Waals surface area contributed by atoms with E-state index in [1.807, 2.05) is 45.0 Å². The summed E-state index contributed by atoms with van der Waals surface area (Å²) in [6.07, 6.45) is 2.63. The van der Waals surface area contributed by atoms with Crippen LogP contribution in [0.5, 0.6) is 0 Å². The quantitative estimate of drug-likeness (QED) is 0.577. The van der Waals surface area contributed by atoms with Crippen LogP contribution in [0.2, 0.25) is 0 Å². The highest BCUT2D eigenvalue weighted by molar-refractivity contribution is 5.94. The lowest BCUT2D eigenvalue weighted by Gasteiger charge is -2.20. The van der Waals surface area contributed by atoms with Crippen molar-refractivity contribution in [3.8, 4) is 0 Å². The van der Waals surface area contributed by atoms with Gasteiger partial charge in [0.1, 0.15) is 0 Å². The summed E-state index contributed by atoms with van der Waals surface area (Å²) < 4.78 is 0. The molecular weight excluding hydrogens is 288 g/mol. The molecule has 126 valence electrons. The highest BCUT2D eigenvalue weighted by atomic mass is 16.1. The van der Waals surface area contributed by atoms with Gasteiger partial charge in [0.2, 0.25) is 0 Å². The Morgan fingerprint density at radius 1 is 1.26 bits per heavy atom. The minimum atomic E-state index is -0.236. The minimum absolute atomic E-state index is 0.0457. The van der Waals surface area contributed by atoms with Crippen LogP contribution in [0.1, 0.15) is 49.5 Å². The van der Waals surface area contributed by atoms with Gasteiger partial charge in [-0.15, -0.1) is 0 Å². The number of rotatable bonds is 5. The molecule has 1 aliphatic carbocycles. The predicted octanol–water partition coefficient (Wildman–Crippen LogP) is 2.29. The van der Waals surface area contributed by atoms with E-state index in [9.17, 15) is 4.79 Å². The molecule has 0 bridgehead atoms. The Kier molecular flexibility index (Phi) is 5.64. The number of hydrogen-bond donors (Lipinski definition) is 3. The van der Waals surface area contributed by atoms with Gasteiger partial charge in [0.25, 0.3) is 5.91 Å². The van der Waals surface area contributed by atoms with Crippen LogP contribution in [0.25, 0.3) is 0 Å². The van der Waals surface area contributed by atoms with Gasteiger partial charge in [-0.3, -0.25) is 9.79 Å². The van der Waals surface area contributed by atoms with Crippen molar-refractivity contribution in [1.82, 2.24) is 16.0 Å². The normalized spacial score (nSPS) is 15.2. The maximum absolute atomic E-state index is 12.2. The van der Waals surface area contributed by atoms with Crippen LogP contribution in [0, 0.1) is 5.92 Å². The number of nitrogens with one attached hydrogen (secondary N) is 3. The molecule has 1 fully saturated rings. The first-order valence-electron chi connectivity index (χ1n) is 8.23. The molecule has 5 heteroatoms. The Labute approximate surface area is 139 Å². The number of amides is 1. The van der Waals surface area contributed by atoms with Gasteiger partial charge < -0.3 is 16.0 Å². The first kappa shape index (κ1) is 17.3. The lowest BCUT2D eigenvalue weighted by Crippen LogP contribution is -2.40. The third-order valence-electron chi connectivity index (χ3n) is 3.62. The van der Waals surface area contributed by atoms with Crippen LogP contribution in [0.15, 0.2) is 29.3 Å². The fourth-order valence-electron chi connectivity index (χ4n) is 2.20. The molecule has 0 atom stereocenters. The molecule has 1 aromatic carbocycles. The van der Waals surface area contributed by atoms with E-state index in [2.05, 4.69) is 20.9 Å². The molecule has 5 nitrogen and oxygen atoms in total. The van der Waals surface area contributed by atoms with Gasteiger partial charge in [0, 0.05) is 31.2 Å². The number of guanidine groups is 1. The molecule has 2 rings (SSSR count). The van der Waals surface area contributed by atoms with Crippen molar-refractivity contribution in [2.45, 2.75) is 45.7 Å². The molecule has 1 aromatic rings. The van der Waals surface area contributed by atoms with Gasteiger partial charge >= 0.3 is 0 Å². The van der Waals surface area contributed by atoms with Crippen molar-refractivity contribution >= 4 is 11.9 Å². The second-order valence-corrected chi connectivity index (χ2v) is 7.15. The Balaban J connectivity index is 1.89. The number of carbonyl (C=O) groups excluding carboxylic acids is 1. The summed E-state index contributed by atoms with van der Waals surface area (Å²) in [5, 5.41) is 9.60. The third kappa shape index (κ3) is 6.30. The van der Waals surface area contributed by atoms with Crippen molar-refractivity contribution in [3.63, 3.8) is 0 Å². The van der Waals surface area contributed by atoms with E-state index >= 15 is 0 Å². The van der Waals surface area contributed by atoms with Crippen LogP contribution in [-0.4, -0.2) is 31.0 Å². The Morgan fingerprint density at radius 3 is 2.61 bits per heavy atom.